The molecule has 0 saturated heterocycles. The summed E-state index contributed by atoms with van der Waals surface area (Å²) in [7, 11) is 1.89. The summed E-state index contributed by atoms with van der Waals surface area (Å²) < 4.78 is 5.55. The lowest BCUT2D eigenvalue weighted by molar-refractivity contribution is 0.218. The lowest BCUT2D eigenvalue weighted by atomic mass is 10.1. The van der Waals surface area contributed by atoms with Crippen LogP contribution in [0.25, 0.3) is 0 Å². The molecule has 0 amide bonds. The van der Waals surface area contributed by atoms with Crippen molar-refractivity contribution >= 4 is 23.2 Å². The summed E-state index contributed by atoms with van der Waals surface area (Å²) in [6.45, 7) is 0.749. The summed E-state index contributed by atoms with van der Waals surface area (Å²) in [5, 5.41) is 4.50. The van der Waals surface area contributed by atoms with E-state index >= 15 is 0 Å². The number of benzene rings is 1. The van der Waals surface area contributed by atoms with E-state index in [4.69, 9.17) is 27.9 Å². The van der Waals surface area contributed by atoms with Crippen LogP contribution in [0.5, 0.6) is 0 Å². The molecule has 0 aromatic heterocycles. The number of likely N-dealkylation sites (N-methyl/N-ethyl adjacent to an activating group) is 1. The van der Waals surface area contributed by atoms with E-state index in [1.165, 1.54) is 0 Å². The zero-order valence-corrected chi connectivity index (χ0v) is 10.5. The van der Waals surface area contributed by atoms with Crippen LogP contribution in [0.4, 0.5) is 0 Å². The first-order chi connectivity index (χ1) is 7.72. The molecule has 0 radical (unpaired) electrons. The molecular formula is C12H13Cl2NO. The first kappa shape index (κ1) is 11.8. The Morgan fingerprint density at radius 1 is 1.38 bits per heavy atom. The van der Waals surface area contributed by atoms with Crippen molar-refractivity contribution < 1.29 is 4.74 Å². The third kappa shape index (κ3) is 2.34. The standard InChI is InChI=1S/C12H13Cl2NO/c1-15-12(11-3-2-6-16-11)9-5-4-8(13)7-10(9)14/h3-5,7,12,15H,2,6H2,1H3. The molecule has 2 nitrogen and oxygen atoms in total. The van der Waals surface area contributed by atoms with Crippen LogP contribution in [-0.4, -0.2) is 13.7 Å². The summed E-state index contributed by atoms with van der Waals surface area (Å²) in [4.78, 5) is 0. The summed E-state index contributed by atoms with van der Waals surface area (Å²) in [6, 6.07) is 5.52. The number of halogens is 2. The molecule has 0 spiro atoms. The van der Waals surface area contributed by atoms with Crippen LogP contribution in [0.3, 0.4) is 0 Å². The highest BCUT2D eigenvalue weighted by Crippen LogP contribution is 2.32. The molecule has 86 valence electrons. The van der Waals surface area contributed by atoms with Crippen molar-refractivity contribution in [2.45, 2.75) is 12.5 Å². The molecule has 0 fully saturated rings. The molecule has 1 heterocycles. The average Bonchev–Trinajstić information content (AvgIpc) is 2.75. The van der Waals surface area contributed by atoms with Gasteiger partial charge in [0, 0.05) is 16.5 Å². The zero-order chi connectivity index (χ0) is 11.5. The van der Waals surface area contributed by atoms with E-state index in [1.54, 1.807) is 6.07 Å². The normalized spacial score (nSPS) is 16.8. The fourth-order valence-electron chi connectivity index (χ4n) is 1.82. The Balaban J connectivity index is 2.32. The van der Waals surface area contributed by atoms with Crippen LogP contribution in [0.15, 0.2) is 30.0 Å². The second-order valence-corrected chi connectivity index (χ2v) is 4.47. The van der Waals surface area contributed by atoms with Crippen molar-refractivity contribution in [3.05, 3.63) is 45.6 Å². The molecule has 1 aromatic rings. The zero-order valence-electron chi connectivity index (χ0n) is 8.97. The second kappa shape index (κ2) is 5.09. The Kier molecular flexibility index (Phi) is 3.74. The lowest BCUT2D eigenvalue weighted by Gasteiger charge is -2.19. The van der Waals surface area contributed by atoms with Gasteiger partial charge in [0.2, 0.25) is 0 Å². The molecule has 1 N–H and O–H groups in total. The van der Waals surface area contributed by atoms with E-state index in [-0.39, 0.29) is 6.04 Å². The smallest absolute Gasteiger partial charge is 0.114 e. The molecule has 0 bridgehead atoms. The van der Waals surface area contributed by atoms with Gasteiger partial charge in [-0.05, 0) is 30.8 Å². The highest BCUT2D eigenvalue weighted by molar-refractivity contribution is 6.35. The maximum Gasteiger partial charge on any atom is 0.114 e. The number of nitrogens with one attached hydrogen (secondary N) is 1. The maximum absolute atomic E-state index is 6.17. The van der Waals surface area contributed by atoms with Gasteiger partial charge in [-0.25, -0.2) is 0 Å². The van der Waals surface area contributed by atoms with Crippen LogP contribution in [0.2, 0.25) is 10.0 Å². The highest BCUT2D eigenvalue weighted by atomic mass is 35.5. The molecule has 1 unspecified atom stereocenters. The monoisotopic (exact) mass is 257 g/mol. The number of rotatable bonds is 3. The van der Waals surface area contributed by atoms with Crippen LogP contribution in [-0.2, 0) is 4.74 Å². The molecule has 1 aliphatic heterocycles. The van der Waals surface area contributed by atoms with Crippen molar-refractivity contribution in [3.8, 4) is 0 Å². The van der Waals surface area contributed by atoms with E-state index in [0.717, 1.165) is 24.4 Å². The van der Waals surface area contributed by atoms with Gasteiger partial charge in [0.1, 0.15) is 5.76 Å². The molecule has 16 heavy (non-hydrogen) atoms. The Morgan fingerprint density at radius 2 is 2.19 bits per heavy atom. The van der Waals surface area contributed by atoms with E-state index < -0.39 is 0 Å². The predicted octanol–water partition coefficient (Wildman–Crippen LogP) is 3.56. The van der Waals surface area contributed by atoms with Gasteiger partial charge in [-0.3, -0.25) is 0 Å². The van der Waals surface area contributed by atoms with E-state index in [2.05, 4.69) is 11.4 Å². The van der Waals surface area contributed by atoms with Gasteiger partial charge in [0.25, 0.3) is 0 Å². The summed E-state index contributed by atoms with van der Waals surface area (Å²) >= 11 is 12.0. The second-order valence-electron chi connectivity index (χ2n) is 3.63. The molecular weight excluding hydrogens is 245 g/mol. The minimum atomic E-state index is 0.00673. The number of hydrogen-bond donors (Lipinski definition) is 1. The lowest BCUT2D eigenvalue weighted by Crippen LogP contribution is -2.19. The topological polar surface area (TPSA) is 21.3 Å². The fraction of sp³-hybridized carbons (Fsp3) is 0.333. The van der Waals surface area contributed by atoms with Gasteiger partial charge >= 0.3 is 0 Å². The van der Waals surface area contributed by atoms with Crippen molar-refractivity contribution in [2.24, 2.45) is 0 Å². The van der Waals surface area contributed by atoms with E-state index in [0.29, 0.717) is 10.0 Å². The number of ether oxygens (including phenoxy) is 1. The van der Waals surface area contributed by atoms with Gasteiger partial charge in [-0.15, -0.1) is 0 Å². The van der Waals surface area contributed by atoms with Gasteiger partial charge in [0.05, 0.1) is 12.6 Å². The van der Waals surface area contributed by atoms with Crippen molar-refractivity contribution in [1.29, 1.82) is 0 Å². The first-order valence-electron chi connectivity index (χ1n) is 5.17. The molecule has 0 aliphatic carbocycles. The van der Waals surface area contributed by atoms with Crippen molar-refractivity contribution in [2.75, 3.05) is 13.7 Å². The Labute approximate surface area is 105 Å². The Hall–Kier alpha value is -0.700. The van der Waals surface area contributed by atoms with Gasteiger partial charge in [0.15, 0.2) is 0 Å². The fourth-order valence-corrected chi connectivity index (χ4v) is 2.34. The van der Waals surface area contributed by atoms with Crippen LogP contribution >= 0.6 is 23.2 Å². The van der Waals surface area contributed by atoms with Crippen molar-refractivity contribution in [1.82, 2.24) is 5.32 Å². The quantitative estimate of drug-likeness (QED) is 0.895. The molecule has 1 aromatic carbocycles. The van der Waals surface area contributed by atoms with Crippen LogP contribution in [0, 0.1) is 0 Å². The van der Waals surface area contributed by atoms with Gasteiger partial charge < -0.3 is 10.1 Å². The largest absolute Gasteiger partial charge is 0.496 e. The predicted molar refractivity (Wildman–Crippen MR) is 66.9 cm³/mol. The third-order valence-electron chi connectivity index (χ3n) is 2.58. The van der Waals surface area contributed by atoms with Crippen LogP contribution in [0.1, 0.15) is 18.0 Å². The molecule has 1 aliphatic rings. The molecule has 4 heteroatoms. The Morgan fingerprint density at radius 3 is 2.75 bits per heavy atom. The SMILES string of the molecule is CNC(C1=CCCO1)c1ccc(Cl)cc1Cl. The minimum Gasteiger partial charge on any atom is -0.496 e. The summed E-state index contributed by atoms with van der Waals surface area (Å²) in [6.07, 6.45) is 3.05. The van der Waals surface area contributed by atoms with Crippen molar-refractivity contribution in [3.63, 3.8) is 0 Å². The Bertz CT molecular complexity index is 417. The van der Waals surface area contributed by atoms with E-state index in [9.17, 15) is 0 Å². The third-order valence-corrected chi connectivity index (χ3v) is 3.14. The minimum absolute atomic E-state index is 0.00673. The average molecular weight is 258 g/mol. The summed E-state index contributed by atoms with van der Waals surface area (Å²) in [5.74, 6) is 0.937. The summed E-state index contributed by atoms with van der Waals surface area (Å²) in [5.41, 5.74) is 0.988. The first-order valence-corrected chi connectivity index (χ1v) is 5.93. The number of hydrogen-bond acceptors (Lipinski definition) is 2. The highest BCUT2D eigenvalue weighted by Gasteiger charge is 2.21. The van der Waals surface area contributed by atoms with Gasteiger partial charge in [-0.1, -0.05) is 29.3 Å². The molecule has 2 rings (SSSR count). The molecule has 1 atom stereocenters. The van der Waals surface area contributed by atoms with E-state index in [1.807, 2.05) is 19.2 Å². The van der Waals surface area contributed by atoms with Gasteiger partial charge in [-0.2, -0.15) is 0 Å². The van der Waals surface area contributed by atoms with Crippen LogP contribution < -0.4 is 5.32 Å². The maximum atomic E-state index is 6.17. The molecule has 0 saturated carbocycles.